The number of benzene rings is 1. The maximum Gasteiger partial charge on any atom is 0.421 e. The first-order valence-electron chi connectivity index (χ1n) is 4.78. The third-order valence-electron chi connectivity index (χ3n) is 2.51. The molecular formula is C10H6F7NO2. The van der Waals surface area contributed by atoms with Gasteiger partial charge in [-0.15, -0.1) is 0 Å². The van der Waals surface area contributed by atoms with Crippen molar-refractivity contribution in [2.45, 2.75) is 17.9 Å². The minimum atomic E-state index is -5.57. The van der Waals surface area contributed by atoms with Crippen LogP contribution in [-0.2, 0) is 16.5 Å². The fourth-order valence-corrected chi connectivity index (χ4v) is 1.40. The molecule has 0 spiro atoms. The van der Waals surface area contributed by atoms with E-state index in [1.54, 1.807) is 0 Å². The first-order valence-corrected chi connectivity index (χ1v) is 4.78. The molecule has 0 radical (unpaired) electrons. The van der Waals surface area contributed by atoms with Crippen LogP contribution in [0.1, 0.15) is 11.1 Å². The summed E-state index contributed by atoms with van der Waals surface area (Å²) in [6.07, 6.45) is -10.9. The van der Waals surface area contributed by atoms with E-state index in [4.69, 9.17) is 5.11 Å². The van der Waals surface area contributed by atoms with Gasteiger partial charge in [0.2, 0.25) is 5.54 Å². The van der Waals surface area contributed by atoms with Crippen LogP contribution in [0.4, 0.5) is 30.7 Å². The van der Waals surface area contributed by atoms with Crippen molar-refractivity contribution in [2.24, 2.45) is 5.73 Å². The molecule has 112 valence electrons. The van der Waals surface area contributed by atoms with Crippen molar-refractivity contribution in [3.05, 3.63) is 35.1 Å². The lowest BCUT2D eigenvalue weighted by atomic mass is 9.89. The normalized spacial score (nSPS) is 15.8. The molecule has 0 heterocycles. The SMILES string of the molecule is NC(C(=O)O)(c1ccc(F)c(C(F)(F)F)c1)C(F)(F)F. The second-order valence-electron chi connectivity index (χ2n) is 3.80. The van der Waals surface area contributed by atoms with E-state index in [9.17, 15) is 35.5 Å². The fourth-order valence-electron chi connectivity index (χ4n) is 1.40. The van der Waals surface area contributed by atoms with Gasteiger partial charge in [-0.1, -0.05) is 6.07 Å². The quantitative estimate of drug-likeness (QED) is 0.826. The van der Waals surface area contributed by atoms with E-state index in [1.165, 1.54) is 0 Å². The molecule has 1 unspecified atom stereocenters. The Kier molecular flexibility index (Phi) is 3.74. The Labute approximate surface area is 106 Å². The summed E-state index contributed by atoms with van der Waals surface area (Å²) in [5.74, 6) is -4.44. The molecule has 0 aliphatic rings. The summed E-state index contributed by atoms with van der Waals surface area (Å²) in [5, 5.41) is 8.56. The van der Waals surface area contributed by atoms with Gasteiger partial charge in [0.05, 0.1) is 5.56 Å². The number of aliphatic carboxylic acids is 1. The van der Waals surface area contributed by atoms with Crippen molar-refractivity contribution in [1.82, 2.24) is 0 Å². The topological polar surface area (TPSA) is 63.3 Å². The highest BCUT2D eigenvalue weighted by atomic mass is 19.4. The largest absolute Gasteiger partial charge is 0.479 e. The number of carboxylic acids is 1. The Bertz CT molecular complexity index is 537. The summed E-state index contributed by atoms with van der Waals surface area (Å²) in [6, 6.07) is 0.0531. The molecule has 1 aromatic carbocycles. The summed E-state index contributed by atoms with van der Waals surface area (Å²) in [6.45, 7) is 0. The molecule has 3 nitrogen and oxygen atoms in total. The zero-order valence-electron chi connectivity index (χ0n) is 9.31. The second-order valence-corrected chi connectivity index (χ2v) is 3.80. The number of halogens is 7. The molecule has 1 rings (SSSR count). The summed E-state index contributed by atoms with van der Waals surface area (Å²) in [5.41, 5.74) is -2.84. The monoisotopic (exact) mass is 305 g/mol. The highest BCUT2D eigenvalue weighted by molar-refractivity contribution is 5.81. The first kappa shape index (κ1) is 16.2. The predicted octanol–water partition coefficient (Wildman–Crippen LogP) is 2.65. The summed E-state index contributed by atoms with van der Waals surface area (Å²) < 4.78 is 88.2. The van der Waals surface area contributed by atoms with Gasteiger partial charge >= 0.3 is 18.3 Å². The average Bonchev–Trinajstić information content (AvgIpc) is 2.25. The third kappa shape index (κ3) is 2.55. The van der Waals surface area contributed by atoms with E-state index in [-0.39, 0.29) is 18.2 Å². The number of nitrogens with two attached hydrogens (primary N) is 1. The molecule has 0 bridgehead atoms. The predicted molar refractivity (Wildman–Crippen MR) is 51.0 cm³/mol. The van der Waals surface area contributed by atoms with Crippen LogP contribution >= 0.6 is 0 Å². The Morgan fingerprint density at radius 3 is 1.95 bits per heavy atom. The van der Waals surface area contributed by atoms with Gasteiger partial charge in [-0.25, -0.2) is 9.18 Å². The van der Waals surface area contributed by atoms with Gasteiger partial charge in [-0.2, -0.15) is 26.3 Å². The highest BCUT2D eigenvalue weighted by Gasteiger charge is 2.60. The molecule has 0 amide bonds. The van der Waals surface area contributed by atoms with E-state index in [0.717, 1.165) is 0 Å². The Morgan fingerprint density at radius 2 is 1.60 bits per heavy atom. The van der Waals surface area contributed by atoms with Crippen LogP contribution < -0.4 is 5.73 Å². The van der Waals surface area contributed by atoms with Crippen LogP contribution in [-0.4, -0.2) is 17.3 Å². The van der Waals surface area contributed by atoms with Crippen molar-refractivity contribution in [3.8, 4) is 0 Å². The lowest BCUT2D eigenvalue weighted by molar-refractivity contribution is -0.205. The molecular weight excluding hydrogens is 299 g/mol. The fraction of sp³-hybridized carbons (Fsp3) is 0.300. The number of carbonyl (C=O) groups is 1. The number of rotatable bonds is 2. The number of hydrogen-bond acceptors (Lipinski definition) is 2. The smallest absolute Gasteiger partial charge is 0.421 e. The molecule has 0 aromatic heterocycles. The molecule has 0 saturated carbocycles. The maximum atomic E-state index is 13.0. The molecule has 0 aliphatic heterocycles. The Morgan fingerprint density at radius 1 is 1.10 bits per heavy atom. The zero-order chi connectivity index (χ0) is 15.9. The highest BCUT2D eigenvalue weighted by Crippen LogP contribution is 2.40. The molecule has 1 atom stereocenters. The second kappa shape index (κ2) is 4.62. The van der Waals surface area contributed by atoms with Crippen LogP contribution in [0.5, 0.6) is 0 Å². The van der Waals surface area contributed by atoms with Crippen molar-refractivity contribution in [3.63, 3.8) is 0 Å². The van der Waals surface area contributed by atoms with Gasteiger partial charge < -0.3 is 10.8 Å². The standard InChI is InChI=1S/C10H6F7NO2/c11-6-2-1-4(3-5(6)9(12,13)14)8(18,7(19)20)10(15,16)17/h1-3H,18H2,(H,19,20). The molecule has 1 aromatic rings. The number of hydrogen-bond donors (Lipinski definition) is 2. The molecule has 20 heavy (non-hydrogen) atoms. The van der Waals surface area contributed by atoms with Gasteiger partial charge in [-0.3, -0.25) is 0 Å². The van der Waals surface area contributed by atoms with E-state index in [0.29, 0.717) is 0 Å². The lowest BCUT2D eigenvalue weighted by Gasteiger charge is -2.28. The summed E-state index contributed by atoms with van der Waals surface area (Å²) >= 11 is 0. The van der Waals surface area contributed by atoms with Crippen LogP contribution in [0, 0.1) is 5.82 Å². The van der Waals surface area contributed by atoms with Crippen molar-refractivity contribution in [1.29, 1.82) is 0 Å². The molecule has 3 N–H and O–H groups in total. The van der Waals surface area contributed by atoms with Crippen molar-refractivity contribution < 1.29 is 40.6 Å². The van der Waals surface area contributed by atoms with E-state index < -0.39 is 40.8 Å². The summed E-state index contributed by atoms with van der Waals surface area (Å²) in [7, 11) is 0. The van der Waals surface area contributed by atoms with Crippen LogP contribution in [0.25, 0.3) is 0 Å². The van der Waals surface area contributed by atoms with Crippen LogP contribution in [0.3, 0.4) is 0 Å². The lowest BCUT2D eigenvalue weighted by Crippen LogP contribution is -2.56. The average molecular weight is 305 g/mol. The minimum Gasteiger partial charge on any atom is -0.479 e. The van der Waals surface area contributed by atoms with Gasteiger partial charge in [0.1, 0.15) is 5.82 Å². The van der Waals surface area contributed by atoms with Crippen molar-refractivity contribution >= 4 is 5.97 Å². The van der Waals surface area contributed by atoms with Gasteiger partial charge in [0.15, 0.2) is 0 Å². The van der Waals surface area contributed by atoms with Crippen LogP contribution in [0.2, 0.25) is 0 Å². The van der Waals surface area contributed by atoms with Gasteiger partial charge in [-0.05, 0) is 17.7 Å². The maximum absolute atomic E-state index is 13.0. The van der Waals surface area contributed by atoms with Crippen molar-refractivity contribution in [2.75, 3.05) is 0 Å². The zero-order valence-corrected chi connectivity index (χ0v) is 9.31. The molecule has 0 saturated heterocycles. The molecule has 0 aliphatic carbocycles. The minimum absolute atomic E-state index is 0.0778. The first-order chi connectivity index (χ1) is 8.81. The molecule has 10 heteroatoms. The van der Waals surface area contributed by atoms with E-state index in [2.05, 4.69) is 5.73 Å². The number of alkyl halides is 6. The number of carboxylic acid groups (broad SMARTS) is 1. The van der Waals surface area contributed by atoms with Crippen LogP contribution in [0.15, 0.2) is 18.2 Å². The Balaban J connectivity index is 3.58. The van der Waals surface area contributed by atoms with E-state index >= 15 is 0 Å². The van der Waals surface area contributed by atoms with Gasteiger partial charge in [0, 0.05) is 0 Å². The molecule has 0 fully saturated rings. The Hall–Kier alpha value is -1.84. The van der Waals surface area contributed by atoms with Gasteiger partial charge in [0.25, 0.3) is 0 Å². The van der Waals surface area contributed by atoms with E-state index in [1.807, 2.05) is 0 Å². The summed E-state index contributed by atoms with van der Waals surface area (Å²) in [4.78, 5) is 10.7. The third-order valence-corrected chi connectivity index (χ3v) is 2.51.